The molecule has 0 saturated heterocycles. The average molecular weight is 287 g/mol. The van der Waals surface area contributed by atoms with Crippen molar-refractivity contribution >= 4 is 5.78 Å². The van der Waals surface area contributed by atoms with Crippen LogP contribution in [-0.2, 0) is 11.2 Å². The molecule has 0 heterocycles. The maximum Gasteiger partial charge on any atom is 0.157 e. The van der Waals surface area contributed by atoms with Crippen LogP contribution in [0.15, 0.2) is 18.2 Å². The van der Waals surface area contributed by atoms with Gasteiger partial charge in [0.05, 0.1) is 5.54 Å². The topological polar surface area (TPSA) is 20.3 Å². The number of hydrogen-bond donors (Lipinski definition) is 0. The number of carbonyl (C=O) groups excluding carboxylic acids is 1. The number of nitrogens with zero attached hydrogens (tertiary/aromatic N) is 1. The second-order valence-electron chi connectivity index (χ2n) is 7.15. The molecule has 2 nitrogen and oxygen atoms in total. The molecule has 1 fully saturated rings. The normalized spacial score (nSPS) is 26.1. The highest BCUT2D eigenvalue weighted by Crippen LogP contribution is 2.37. The lowest BCUT2D eigenvalue weighted by atomic mass is 9.72. The van der Waals surface area contributed by atoms with Crippen LogP contribution in [0.3, 0.4) is 0 Å². The molecule has 2 heteroatoms. The molecule has 1 aliphatic carbocycles. The van der Waals surface area contributed by atoms with Crippen molar-refractivity contribution < 1.29 is 4.79 Å². The van der Waals surface area contributed by atoms with E-state index in [0.29, 0.717) is 18.1 Å². The van der Waals surface area contributed by atoms with Crippen LogP contribution >= 0.6 is 0 Å². The third-order valence-electron chi connectivity index (χ3n) is 5.28. The summed E-state index contributed by atoms with van der Waals surface area (Å²) in [6.07, 6.45) is 4.99. The molecule has 0 radical (unpaired) electrons. The fourth-order valence-corrected chi connectivity index (χ4v) is 3.70. The minimum absolute atomic E-state index is 0.254. The average Bonchev–Trinajstić information content (AvgIpc) is 2.42. The minimum atomic E-state index is -0.254. The largest absolute Gasteiger partial charge is 0.297 e. The minimum Gasteiger partial charge on any atom is -0.297 e. The zero-order chi connectivity index (χ0) is 15.6. The Morgan fingerprint density at radius 1 is 1.29 bits per heavy atom. The van der Waals surface area contributed by atoms with E-state index in [1.807, 2.05) is 0 Å². The number of benzene rings is 1. The molecule has 0 amide bonds. The highest BCUT2D eigenvalue weighted by molar-refractivity contribution is 5.90. The highest BCUT2D eigenvalue weighted by Gasteiger charge is 2.42. The third kappa shape index (κ3) is 3.37. The standard InChI is InChI=1S/C19H29NO/c1-14-7-6-10-19(13-14,20(4)5)18(21)12-17-9-8-15(2)16(3)11-17/h8-9,11,14H,6-7,10,12-13H2,1-5H3. The summed E-state index contributed by atoms with van der Waals surface area (Å²) in [5, 5.41) is 0. The molecule has 1 aromatic carbocycles. The molecular weight excluding hydrogens is 258 g/mol. The summed E-state index contributed by atoms with van der Waals surface area (Å²) < 4.78 is 0. The van der Waals surface area contributed by atoms with Crippen molar-refractivity contribution in [3.8, 4) is 0 Å². The van der Waals surface area contributed by atoms with Crippen molar-refractivity contribution in [2.24, 2.45) is 5.92 Å². The molecule has 1 saturated carbocycles. The Bertz CT molecular complexity index is 520. The molecule has 0 spiro atoms. The molecule has 1 aromatic rings. The van der Waals surface area contributed by atoms with Gasteiger partial charge in [-0.05, 0) is 63.4 Å². The molecule has 0 aliphatic heterocycles. The van der Waals surface area contributed by atoms with E-state index >= 15 is 0 Å². The summed E-state index contributed by atoms with van der Waals surface area (Å²) in [6.45, 7) is 6.51. The lowest BCUT2D eigenvalue weighted by molar-refractivity contribution is -0.132. The van der Waals surface area contributed by atoms with Crippen LogP contribution in [0.5, 0.6) is 0 Å². The van der Waals surface area contributed by atoms with Crippen molar-refractivity contribution in [3.63, 3.8) is 0 Å². The summed E-state index contributed by atoms with van der Waals surface area (Å²) in [4.78, 5) is 15.2. The SMILES string of the molecule is Cc1ccc(CC(=O)C2(N(C)C)CCCC(C)C2)cc1C. The van der Waals surface area contributed by atoms with Crippen molar-refractivity contribution in [2.45, 2.75) is 58.4 Å². The Kier molecular flexibility index (Phi) is 4.88. The van der Waals surface area contributed by atoms with Gasteiger partial charge in [0, 0.05) is 6.42 Å². The van der Waals surface area contributed by atoms with Gasteiger partial charge >= 0.3 is 0 Å². The van der Waals surface area contributed by atoms with Crippen molar-refractivity contribution in [1.82, 2.24) is 4.90 Å². The molecule has 1 aliphatic rings. The maximum absolute atomic E-state index is 13.0. The van der Waals surface area contributed by atoms with E-state index in [9.17, 15) is 4.79 Å². The number of carbonyl (C=O) groups is 1. The Morgan fingerprint density at radius 2 is 2.00 bits per heavy atom. The number of rotatable bonds is 4. The number of ketones is 1. The third-order valence-corrected chi connectivity index (χ3v) is 5.28. The Morgan fingerprint density at radius 3 is 2.57 bits per heavy atom. The molecule has 2 unspecified atom stereocenters. The van der Waals surface area contributed by atoms with Crippen LogP contribution < -0.4 is 0 Å². The second-order valence-corrected chi connectivity index (χ2v) is 7.15. The summed E-state index contributed by atoms with van der Waals surface area (Å²) in [5.41, 5.74) is 3.47. The zero-order valence-corrected chi connectivity index (χ0v) is 14.2. The lowest BCUT2D eigenvalue weighted by Gasteiger charge is -2.44. The predicted octanol–water partition coefficient (Wildman–Crippen LogP) is 3.93. The van der Waals surface area contributed by atoms with Gasteiger partial charge in [0.15, 0.2) is 5.78 Å². The molecule has 0 bridgehead atoms. The first-order valence-electron chi connectivity index (χ1n) is 8.12. The van der Waals surface area contributed by atoms with Gasteiger partial charge < -0.3 is 0 Å². The molecule has 116 valence electrons. The van der Waals surface area contributed by atoms with Crippen molar-refractivity contribution in [1.29, 1.82) is 0 Å². The fourth-order valence-electron chi connectivity index (χ4n) is 3.70. The van der Waals surface area contributed by atoms with Crippen LogP contribution in [0.25, 0.3) is 0 Å². The smallest absolute Gasteiger partial charge is 0.157 e. The Hall–Kier alpha value is -1.15. The monoisotopic (exact) mass is 287 g/mol. The van der Waals surface area contributed by atoms with Gasteiger partial charge in [-0.2, -0.15) is 0 Å². The quantitative estimate of drug-likeness (QED) is 0.836. The second kappa shape index (κ2) is 6.31. The summed E-state index contributed by atoms with van der Waals surface area (Å²) in [7, 11) is 4.13. The molecule has 2 atom stereocenters. The lowest BCUT2D eigenvalue weighted by Crippen LogP contribution is -2.54. The van der Waals surface area contributed by atoms with Gasteiger partial charge in [-0.3, -0.25) is 9.69 Å². The summed E-state index contributed by atoms with van der Waals surface area (Å²) in [6, 6.07) is 6.41. The van der Waals surface area contributed by atoms with Crippen LogP contribution in [0.4, 0.5) is 0 Å². The molecular formula is C19H29NO. The van der Waals surface area contributed by atoms with Crippen LogP contribution in [0, 0.1) is 19.8 Å². The van der Waals surface area contributed by atoms with Gasteiger partial charge in [-0.1, -0.05) is 38.0 Å². The van der Waals surface area contributed by atoms with Gasteiger partial charge in [0.1, 0.15) is 0 Å². The number of Topliss-reactive ketones (excluding diaryl/α,β-unsaturated/α-hetero) is 1. The maximum atomic E-state index is 13.0. The van der Waals surface area contributed by atoms with Crippen molar-refractivity contribution in [2.75, 3.05) is 14.1 Å². The van der Waals surface area contributed by atoms with Gasteiger partial charge in [-0.25, -0.2) is 0 Å². The van der Waals surface area contributed by atoms with E-state index in [1.54, 1.807) is 0 Å². The first-order chi connectivity index (χ1) is 9.85. The zero-order valence-electron chi connectivity index (χ0n) is 14.2. The van der Waals surface area contributed by atoms with Crippen LogP contribution in [0.1, 0.15) is 49.3 Å². The number of aryl methyl sites for hydroxylation is 2. The fraction of sp³-hybridized carbons (Fsp3) is 0.632. The number of likely N-dealkylation sites (N-methyl/N-ethyl adjacent to an activating group) is 1. The van der Waals surface area contributed by atoms with E-state index in [1.165, 1.54) is 17.5 Å². The Labute approximate surface area is 129 Å². The van der Waals surface area contributed by atoms with Gasteiger partial charge in [0.2, 0.25) is 0 Å². The molecule has 2 rings (SSSR count). The van der Waals surface area contributed by atoms with E-state index in [4.69, 9.17) is 0 Å². The van der Waals surface area contributed by atoms with E-state index in [2.05, 4.69) is 58.0 Å². The molecule has 0 N–H and O–H groups in total. The van der Waals surface area contributed by atoms with E-state index in [0.717, 1.165) is 24.8 Å². The Balaban J connectivity index is 2.21. The predicted molar refractivity (Wildman–Crippen MR) is 88.7 cm³/mol. The summed E-state index contributed by atoms with van der Waals surface area (Å²) >= 11 is 0. The number of hydrogen-bond acceptors (Lipinski definition) is 2. The first-order valence-corrected chi connectivity index (χ1v) is 8.12. The molecule has 0 aromatic heterocycles. The van der Waals surface area contributed by atoms with E-state index < -0.39 is 0 Å². The highest BCUT2D eigenvalue weighted by atomic mass is 16.1. The van der Waals surface area contributed by atoms with Gasteiger partial charge in [0.25, 0.3) is 0 Å². The van der Waals surface area contributed by atoms with Gasteiger partial charge in [-0.15, -0.1) is 0 Å². The van der Waals surface area contributed by atoms with E-state index in [-0.39, 0.29) is 5.54 Å². The van der Waals surface area contributed by atoms with Crippen molar-refractivity contribution in [3.05, 3.63) is 34.9 Å². The van der Waals surface area contributed by atoms with Crippen LogP contribution in [-0.4, -0.2) is 30.3 Å². The first kappa shape index (κ1) is 16.2. The van der Waals surface area contributed by atoms with Crippen LogP contribution in [0.2, 0.25) is 0 Å². The molecule has 21 heavy (non-hydrogen) atoms. The summed E-state index contributed by atoms with van der Waals surface area (Å²) in [5.74, 6) is 1.03.